The summed E-state index contributed by atoms with van der Waals surface area (Å²) in [6.07, 6.45) is -0.598. The van der Waals surface area contributed by atoms with Gasteiger partial charge in [-0.25, -0.2) is 9.59 Å². The van der Waals surface area contributed by atoms with Crippen LogP contribution in [0.25, 0.3) is 0 Å². The van der Waals surface area contributed by atoms with Gasteiger partial charge in [0.1, 0.15) is 12.4 Å². The number of anilines is 1. The molecule has 0 unspecified atom stereocenters. The molecular formula is C16H15NO5. The molecule has 0 aliphatic carbocycles. The summed E-state index contributed by atoms with van der Waals surface area (Å²) in [5.41, 5.74) is 1.34. The Balaban J connectivity index is 1.85. The number of carbonyl (C=O) groups excluding carboxylic acids is 1. The SMILES string of the molecule is O=C(O)COc1cccc(NC(=O)OCc2ccccc2)c1. The normalized spacial score (nSPS) is 9.82. The zero-order valence-corrected chi connectivity index (χ0v) is 11.7. The first-order chi connectivity index (χ1) is 10.6. The number of benzene rings is 2. The largest absolute Gasteiger partial charge is 0.482 e. The Bertz CT molecular complexity index is 642. The molecule has 0 aromatic heterocycles. The molecule has 2 aromatic rings. The molecule has 0 aliphatic heterocycles. The summed E-state index contributed by atoms with van der Waals surface area (Å²) in [5.74, 6) is -0.719. The molecule has 6 nitrogen and oxygen atoms in total. The Kier molecular flexibility index (Phi) is 5.37. The summed E-state index contributed by atoms with van der Waals surface area (Å²) in [5, 5.41) is 11.1. The first-order valence-electron chi connectivity index (χ1n) is 6.56. The molecule has 0 atom stereocenters. The van der Waals surface area contributed by atoms with Gasteiger partial charge in [-0.3, -0.25) is 5.32 Å². The van der Waals surface area contributed by atoms with Crippen LogP contribution in [-0.2, 0) is 16.1 Å². The molecular weight excluding hydrogens is 286 g/mol. The van der Waals surface area contributed by atoms with E-state index in [9.17, 15) is 9.59 Å². The standard InChI is InChI=1S/C16H15NO5/c18-15(19)11-21-14-8-4-7-13(9-14)17-16(20)22-10-12-5-2-1-3-6-12/h1-9H,10-11H2,(H,17,20)(H,18,19). The second-order valence-electron chi connectivity index (χ2n) is 4.40. The lowest BCUT2D eigenvalue weighted by molar-refractivity contribution is -0.139. The zero-order chi connectivity index (χ0) is 15.8. The Morgan fingerprint density at radius 1 is 1.05 bits per heavy atom. The number of rotatable bonds is 6. The molecule has 0 heterocycles. The van der Waals surface area contributed by atoms with Crippen molar-refractivity contribution in [3.05, 3.63) is 60.2 Å². The molecule has 22 heavy (non-hydrogen) atoms. The quantitative estimate of drug-likeness (QED) is 0.857. The van der Waals surface area contributed by atoms with Crippen molar-refractivity contribution in [3.63, 3.8) is 0 Å². The molecule has 114 valence electrons. The molecule has 2 aromatic carbocycles. The smallest absolute Gasteiger partial charge is 0.411 e. The molecule has 2 rings (SSSR count). The minimum Gasteiger partial charge on any atom is -0.482 e. The van der Waals surface area contributed by atoms with E-state index in [2.05, 4.69) is 5.32 Å². The molecule has 0 saturated heterocycles. The highest BCUT2D eigenvalue weighted by Crippen LogP contribution is 2.17. The number of carboxylic acid groups (broad SMARTS) is 1. The van der Waals surface area contributed by atoms with Crippen molar-refractivity contribution in [2.75, 3.05) is 11.9 Å². The van der Waals surface area contributed by atoms with E-state index in [1.54, 1.807) is 18.2 Å². The predicted molar refractivity (Wildman–Crippen MR) is 79.8 cm³/mol. The summed E-state index contributed by atoms with van der Waals surface area (Å²) in [4.78, 5) is 22.1. The van der Waals surface area contributed by atoms with Gasteiger partial charge in [0.2, 0.25) is 0 Å². The van der Waals surface area contributed by atoms with Gasteiger partial charge < -0.3 is 14.6 Å². The Labute approximate surface area is 127 Å². The van der Waals surface area contributed by atoms with Gasteiger partial charge in [-0.2, -0.15) is 0 Å². The van der Waals surface area contributed by atoms with E-state index in [4.69, 9.17) is 14.6 Å². The third-order valence-corrected chi connectivity index (χ3v) is 2.66. The number of ether oxygens (including phenoxy) is 2. The topological polar surface area (TPSA) is 84.9 Å². The van der Waals surface area contributed by atoms with E-state index in [1.165, 1.54) is 6.07 Å². The molecule has 2 N–H and O–H groups in total. The Morgan fingerprint density at radius 2 is 1.82 bits per heavy atom. The van der Waals surface area contributed by atoms with Crippen LogP contribution in [0.15, 0.2) is 54.6 Å². The van der Waals surface area contributed by atoms with Crippen molar-refractivity contribution in [2.24, 2.45) is 0 Å². The van der Waals surface area contributed by atoms with E-state index in [-0.39, 0.29) is 6.61 Å². The van der Waals surface area contributed by atoms with Crippen LogP contribution in [0.1, 0.15) is 5.56 Å². The first kappa shape index (κ1) is 15.4. The number of nitrogens with one attached hydrogen (secondary N) is 1. The van der Waals surface area contributed by atoms with Crippen molar-refractivity contribution in [1.29, 1.82) is 0 Å². The maximum absolute atomic E-state index is 11.7. The second-order valence-corrected chi connectivity index (χ2v) is 4.40. The van der Waals surface area contributed by atoms with Crippen LogP contribution >= 0.6 is 0 Å². The van der Waals surface area contributed by atoms with E-state index < -0.39 is 18.7 Å². The van der Waals surface area contributed by atoms with Gasteiger partial charge in [-0.15, -0.1) is 0 Å². The molecule has 0 saturated carbocycles. The highest BCUT2D eigenvalue weighted by atomic mass is 16.5. The lowest BCUT2D eigenvalue weighted by Crippen LogP contribution is -2.14. The zero-order valence-electron chi connectivity index (χ0n) is 11.7. The van der Waals surface area contributed by atoms with Crippen LogP contribution in [-0.4, -0.2) is 23.8 Å². The van der Waals surface area contributed by atoms with Crippen molar-refractivity contribution >= 4 is 17.7 Å². The average Bonchev–Trinajstić information content (AvgIpc) is 2.52. The van der Waals surface area contributed by atoms with E-state index in [0.29, 0.717) is 11.4 Å². The van der Waals surface area contributed by atoms with Gasteiger partial charge in [0, 0.05) is 11.8 Å². The fourth-order valence-corrected chi connectivity index (χ4v) is 1.69. The number of hydrogen-bond donors (Lipinski definition) is 2. The maximum atomic E-state index is 11.7. The summed E-state index contributed by atoms with van der Waals surface area (Å²) < 4.78 is 10.1. The fraction of sp³-hybridized carbons (Fsp3) is 0.125. The molecule has 0 spiro atoms. The van der Waals surface area contributed by atoms with Crippen molar-refractivity contribution < 1.29 is 24.2 Å². The molecule has 0 fully saturated rings. The second kappa shape index (κ2) is 7.68. The number of aliphatic carboxylic acids is 1. The third-order valence-electron chi connectivity index (χ3n) is 2.66. The van der Waals surface area contributed by atoms with E-state index in [1.807, 2.05) is 30.3 Å². The first-order valence-corrected chi connectivity index (χ1v) is 6.56. The van der Waals surface area contributed by atoms with Crippen molar-refractivity contribution in [1.82, 2.24) is 0 Å². The summed E-state index contributed by atoms with van der Waals surface area (Å²) in [6.45, 7) is -0.274. The third kappa shape index (κ3) is 5.16. The lowest BCUT2D eigenvalue weighted by Gasteiger charge is -2.09. The average molecular weight is 301 g/mol. The summed E-state index contributed by atoms with van der Waals surface area (Å²) >= 11 is 0. The molecule has 0 bridgehead atoms. The predicted octanol–water partition coefficient (Wildman–Crippen LogP) is 2.90. The van der Waals surface area contributed by atoms with Gasteiger partial charge in [0.25, 0.3) is 0 Å². The highest BCUT2D eigenvalue weighted by Gasteiger charge is 2.05. The van der Waals surface area contributed by atoms with Crippen LogP contribution < -0.4 is 10.1 Å². The molecule has 6 heteroatoms. The summed E-state index contributed by atoms with van der Waals surface area (Å²) in [6, 6.07) is 15.7. The summed E-state index contributed by atoms with van der Waals surface area (Å²) in [7, 11) is 0. The number of amides is 1. The Morgan fingerprint density at radius 3 is 2.55 bits per heavy atom. The number of carbonyl (C=O) groups is 2. The molecule has 0 aliphatic rings. The van der Waals surface area contributed by atoms with E-state index >= 15 is 0 Å². The van der Waals surface area contributed by atoms with Gasteiger partial charge in [0.05, 0.1) is 0 Å². The van der Waals surface area contributed by atoms with E-state index in [0.717, 1.165) is 5.56 Å². The minimum absolute atomic E-state index is 0.169. The van der Waals surface area contributed by atoms with Gasteiger partial charge in [-0.1, -0.05) is 36.4 Å². The van der Waals surface area contributed by atoms with Crippen LogP contribution in [0.4, 0.5) is 10.5 Å². The molecule has 0 radical (unpaired) electrons. The van der Waals surface area contributed by atoms with Gasteiger partial charge >= 0.3 is 12.1 Å². The van der Waals surface area contributed by atoms with Crippen LogP contribution in [0.5, 0.6) is 5.75 Å². The van der Waals surface area contributed by atoms with Crippen molar-refractivity contribution in [2.45, 2.75) is 6.61 Å². The van der Waals surface area contributed by atoms with Crippen LogP contribution in [0.3, 0.4) is 0 Å². The number of carboxylic acids is 1. The van der Waals surface area contributed by atoms with Gasteiger partial charge in [-0.05, 0) is 17.7 Å². The minimum atomic E-state index is -1.07. The van der Waals surface area contributed by atoms with Crippen LogP contribution in [0.2, 0.25) is 0 Å². The maximum Gasteiger partial charge on any atom is 0.411 e. The number of hydrogen-bond acceptors (Lipinski definition) is 4. The molecule has 1 amide bonds. The fourth-order valence-electron chi connectivity index (χ4n) is 1.69. The van der Waals surface area contributed by atoms with Crippen molar-refractivity contribution in [3.8, 4) is 5.75 Å². The monoisotopic (exact) mass is 301 g/mol. The Hall–Kier alpha value is -3.02. The highest BCUT2D eigenvalue weighted by molar-refractivity contribution is 5.84. The van der Waals surface area contributed by atoms with Gasteiger partial charge in [0.15, 0.2) is 6.61 Å². The lowest BCUT2D eigenvalue weighted by atomic mass is 10.2. The van der Waals surface area contributed by atoms with Crippen LogP contribution in [0, 0.1) is 0 Å².